The lowest BCUT2D eigenvalue weighted by Gasteiger charge is -2.22. The minimum atomic E-state index is -3.84. The van der Waals surface area contributed by atoms with Crippen LogP contribution in [0, 0.1) is 5.92 Å². The Morgan fingerprint density at radius 1 is 1.33 bits per heavy atom. The molecule has 1 rings (SSSR count). The van der Waals surface area contributed by atoms with Crippen LogP contribution in [0.4, 0.5) is 0 Å². The van der Waals surface area contributed by atoms with Crippen LogP contribution in [0.1, 0.15) is 19.4 Å². The highest BCUT2D eigenvalue weighted by atomic mass is 35.5. The quantitative estimate of drug-likeness (QED) is 0.787. The van der Waals surface area contributed by atoms with Gasteiger partial charge >= 0.3 is 0 Å². The predicted octanol–water partition coefficient (Wildman–Crippen LogP) is 2.44. The molecule has 1 aromatic rings. The summed E-state index contributed by atoms with van der Waals surface area (Å²) in [4.78, 5) is -0.112. The summed E-state index contributed by atoms with van der Waals surface area (Å²) in [5.41, 5.74) is 0.189. The molecular weight excluding hydrogens is 337 g/mol. The number of hydrogen-bond donors (Lipinski definition) is 2. The fraction of sp³-hybridized carbons (Fsp3) is 0.538. The van der Waals surface area contributed by atoms with E-state index < -0.39 is 16.6 Å². The van der Waals surface area contributed by atoms with Crippen LogP contribution in [0.2, 0.25) is 10.0 Å². The first-order valence-electron chi connectivity index (χ1n) is 6.33. The molecule has 0 bridgehead atoms. The van der Waals surface area contributed by atoms with Gasteiger partial charge in [0.15, 0.2) is 0 Å². The van der Waals surface area contributed by atoms with Crippen LogP contribution in [0.5, 0.6) is 0 Å². The van der Waals surface area contributed by atoms with Crippen molar-refractivity contribution in [2.75, 3.05) is 13.7 Å². The number of hydrogen-bond acceptors (Lipinski definition) is 4. The minimum Gasteiger partial charge on any atom is -0.392 e. The Morgan fingerprint density at radius 3 is 2.43 bits per heavy atom. The van der Waals surface area contributed by atoms with Gasteiger partial charge in [0.2, 0.25) is 10.0 Å². The van der Waals surface area contributed by atoms with Crippen molar-refractivity contribution in [1.29, 1.82) is 0 Å². The Balaban J connectivity index is 3.19. The normalized spacial score (nSPS) is 13.7. The fourth-order valence-electron chi connectivity index (χ4n) is 1.73. The van der Waals surface area contributed by atoms with Gasteiger partial charge in [-0.05, 0) is 18.1 Å². The highest BCUT2D eigenvalue weighted by Gasteiger charge is 2.26. The minimum absolute atomic E-state index is 0.0445. The number of methoxy groups -OCH3 is 1. The Hall–Kier alpha value is -0.370. The van der Waals surface area contributed by atoms with E-state index in [-0.39, 0.29) is 39.1 Å². The van der Waals surface area contributed by atoms with Crippen molar-refractivity contribution in [3.8, 4) is 0 Å². The summed E-state index contributed by atoms with van der Waals surface area (Å²) in [6.45, 7) is 3.57. The van der Waals surface area contributed by atoms with E-state index in [2.05, 4.69) is 4.72 Å². The molecule has 0 saturated heterocycles. The monoisotopic (exact) mass is 355 g/mol. The van der Waals surface area contributed by atoms with Gasteiger partial charge in [-0.2, -0.15) is 0 Å². The Labute approximate surface area is 135 Å². The maximum atomic E-state index is 12.4. The number of sulfonamides is 1. The molecular formula is C13H19Cl2NO4S. The van der Waals surface area contributed by atoms with Gasteiger partial charge in [0.25, 0.3) is 0 Å². The van der Waals surface area contributed by atoms with Crippen LogP contribution >= 0.6 is 23.2 Å². The molecule has 0 heterocycles. The van der Waals surface area contributed by atoms with E-state index in [9.17, 15) is 13.5 Å². The first-order valence-corrected chi connectivity index (χ1v) is 8.57. The van der Waals surface area contributed by atoms with Crippen molar-refractivity contribution in [3.63, 3.8) is 0 Å². The average molecular weight is 356 g/mol. The molecule has 0 aliphatic carbocycles. The lowest BCUT2D eigenvalue weighted by Crippen LogP contribution is -2.41. The maximum absolute atomic E-state index is 12.4. The number of ether oxygens (including phenoxy) is 1. The van der Waals surface area contributed by atoms with E-state index >= 15 is 0 Å². The number of halogens is 2. The SMILES string of the molecule is COCC(NS(=O)(=O)c1ccc(Cl)c(CO)c1Cl)C(C)C. The topological polar surface area (TPSA) is 75.6 Å². The van der Waals surface area contributed by atoms with Gasteiger partial charge in [-0.25, -0.2) is 13.1 Å². The first kappa shape index (κ1) is 18.7. The molecule has 2 N–H and O–H groups in total. The molecule has 0 aliphatic heterocycles. The molecule has 0 saturated carbocycles. The molecule has 1 atom stereocenters. The smallest absolute Gasteiger partial charge is 0.242 e. The lowest BCUT2D eigenvalue weighted by molar-refractivity contribution is 0.157. The number of aliphatic hydroxyl groups is 1. The van der Waals surface area contributed by atoms with Gasteiger partial charge in [-0.1, -0.05) is 37.0 Å². The van der Waals surface area contributed by atoms with Gasteiger partial charge in [0, 0.05) is 23.7 Å². The zero-order valence-corrected chi connectivity index (χ0v) is 14.4. The van der Waals surface area contributed by atoms with Gasteiger partial charge < -0.3 is 9.84 Å². The molecule has 1 aromatic carbocycles. The third-order valence-electron chi connectivity index (χ3n) is 3.06. The first-order chi connectivity index (χ1) is 9.74. The largest absolute Gasteiger partial charge is 0.392 e. The molecule has 5 nitrogen and oxygen atoms in total. The maximum Gasteiger partial charge on any atom is 0.242 e. The zero-order valence-electron chi connectivity index (χ0n) is 12.1. The molecule has 8 heteroatoms. The molecule has 0 aromatic heterocycles. The summed E-state index contributed by atoms with van der Waals surface area (Å²) in [5, 5.41) is 9.39. The molecule has 0 spiro atoms. The van der Waals surface area contributed by atoms with Crippen LogP contribution in [-0.4, -0.2) is 33.3 Å². The van der Waals surface area contributed by atoms with Crippen molar-refractivity contribution in [2.24, 2.45) is 5.92 Å². The summed E-state index contributed by atoms with van der Waals surface area (Å²) in [6.07, 6.45) is 0. The Bertz CT molecular complexity index is 590. The van der Waals surface area contributed by atoms with Gasteiger partial charge in [-0.3, -0.25) is 0 Å². The van der Waals surface area contributed by atoms with Crippen molar-refractivity contribution >= 4 is 33.2 Å². The van der Waals surface area contributed by atoms with E-state index in [1.165, 1.54) is 19.2 Å². The van der Waals surface area contributed by atoms with Crippen LogP contribution < -0.4 is 4.72 Å². The Kier molecular flexibility index (Phi) is 6.90. The van der Waals surface area contributed by atoms with Crippen LogP contribution in [0.15, 0.2) is 17.0 Å². The van der Waals surface area contributed by atoms with Crippen LogP contribution in [0.25, 0.3) is 0 Å². The van der Waals surface area contributed by atoms with Gasteiger partial charge in [-0.15, -0.1) is 0 Å². The second kappa shape index (κ2) is 7.76. The Morgan fingerprint density at radius 2 is 1.95 bits per heavy atom. The predicted molar refractivity (Wildman–Crippen MR) is 83.2 cm³/mol. The van der Waals surface area contributed by atoms with Crippen molar-refractivity contribution in [2.45, 2.75) is 31.4 Å². The average Bonchev–Trinajstić information content (AvgIpc) is 2.38. The summed E-state index contributed by atoms with van der Waals surface area (Å²) >= 11 is 11.9. The van der Waals surface area contributed by atoms with E-state index in [1.807, 2.05) is 13.8 Å². The lowest BCUT2D eigenvalue weighted by atomic mass is 10.1. The molecule has 1 unspecified atom stereocenters. The van der Waals surface area contributed by atoms with E-state index in [0.717, 1.165) is 0 Å². The van der Waals surface area contributed by atoms with Crippen molar-refractivity contribution in [1.82, 2.24) is 4.72 Å². The fourth-order valence-corrected chi connectivity index (χ4v) is 4.00. The summed E-state index contributed by atoms with van der Waals surface area (Å²) in [6, 6.07) is 2.33. The van der Waals surface area contributed by atoms with Gasteiger partial charge in [0.1, 0.15) is 4.90 Å². The third-order valence-corrected chi connectivity index (χ3v) is 5.49. The van der Waals surface area contributed by atoms with Crippen LogP contribution in [0.3, 0.4) is 0 Å². The number of benzene rings is 1. The van der Waals surface area contributed by atoms with Gasteiger partial charge in [0.05, 0.1) is 18.2 Å². The number of nitrogens with one attached hydrogen (secondary N) is 1. The van der Waals surface area contributed by atoms with Crippen molar-refractivity contribution in [3.05, 3.63) is 27.7 Å². The second-order valence-corrected chi connectivity index (χ2v) is 7.39. The van der Waals surface area contributed by atoms with Crippen molar-refractivity contribution < 1.29 is 18.3 Å². The third kappa shape index (κ3) is 4.55. The second-order valence-electron chi connectivity index (χ2n) is 4.92. The zero-order chi connectivity index (χ0) is 16.2. The van der Waals surface area contributed by atoms with Crippen LogP contribution in [-0.2, 0) is 21.4 Å². The summed E-state index contributed by atoms with van der Waals surface area (Å²) in [7, 11) is -2.34. The summed E-state index contributed by atoms with van der Waals surface area (Å²) in [5.74, 6) is 0.0445. The standard InChI is InChI=1S/C13H19Cl2NO4S/c1-8(2)11(7-20-3)16-21(18,19)12-5-4-10(14)9(6-17)13(12)15/h4-5,8,11,16-17H,6-7H2,1-3H3. The molecule has 0 aliphatic rings. The molecule has 21 heavy (non-hydrogen) atoms. The number of rotatable bonds is 7. The number of aliphatic hydroxyl groups excluding tert-OH is 1. The molecule has 0 fully saturated rings. The molecule has 0 radical (unpaired) electrons. The van der Waals surface area contributed by atoms with E-state index in [0.29, 0.717) is 0 Å². The highest BCUT2D eigenvalue weighted by Crippen LogP contribution is 2.31. The van der Waals surface area contributed by atoms with E-state index in [1.54, 1.807) is 0 Å². The van der Waals surface area contributed by atoms with E-state index in [4.69, 9.17) is 27.9 Å². The molecule has 120 valence electrons. The summed E-state index contributed by atoms with van der Waals surface area (Å²) < 4.78 is 32.5. The highest BCUT2D eigenvalue weighted by molar-refractivity contribution is 7.89. The molecule has 0 amide bonds.